The highest BCUT2D eigenvalue weighted by molar-refractivity contribution is 9.10. The van der Waals surface area contributed by atoms with Crippen molar-refractivity contribution in [1.82, 2.24) is 5.32 Å². The van der Waals surface area contributed by atoms with E-state index < -0.39 is 25.9 Å². The first kappa shape index (κ1) is 19.8. The summed E-state index contributed by atoms with van der Waals surface area (Å²) in [4.78, 5) is 12.3. The minimum Gasteiger partial charge on any atom is -0.348 e. The molecule has 2 aromatic carbocycles. The van der Waals surface area contributed by atoms with Crippen molar-refractivity contribution in [1.29, 1.82) is 0 Å². The minimum absolute atomic E-state index is 0.0518. The van der Waals surface area contributed by atoms with Gasteiger partial charge in [-0.25, -0.2) is 16.8 Å². The van der Waals surface area contributed by atoms with E-state index in [1.807, 2.05) is 0 Å². The molecule has 0 aromatic heterocycles. The first-order chi connectivity index (χ1) is 12.6. The molecule has 0 bridgehead atoms. The van der Waals surface area contributed by atoms with Crippen LogP contribution in [0.5, 0.6) is 0 Å². The van der Waals surface area contributed by atoms with Gasteiger partial charge in [-0.15, -0.1) is 0 Å². The summed E-state index contributed by atoms with van der Waals surface area (Å²) in [5.74, 6) is -0.363. The van der Waals surface area contributed by atoms with Gasteiger partial charge in [0.1, 0.15) is 0 Å². The van der Waals surface area contributed by atoms with E-state index >= 15 is 0 Å². The van der Waals surface area contributed by atoms with Crippen molar-refractivity contribution in [2.24, 2.45) is 0 Å². The molecule has 1 heterocycles. The van der Waals surface area contributed by atoms with Crippen LogP contribution in [0.3, 0.4) is 0 Å². The molecule has 1 saturated heterocycles. The Morgan fingerprint density at radius 2 is 1.67 bits per heavy atom. The topological polar surface area (TPSA) is 109 Å². The fourth-order valence-electron chi connectivity index (χ4n) is 2.70. The number of amides is 1. The van der Waals surface area contributed by atoms with Crippen molar-refractivity contribution in [3.63, 3.8) is 0 Å². The first-order valence-corrected chi connectivity index (χ1v) is 12.1. The standard InChI is InChI=1S/C17H17BrN2O5S2/c18-13-3-7-16(8-4-13)27(24,25)20-14-5-1-12(2-6-14)17(21)19-15-9-10-26(22,23)11-15/h1-8,15,20H,9-11H2,(H,19,21)/t15-/m0/s1. The lowest BCUT2D eigenvalue weighted by Gasteiger charge is -2.12. The lowest BCUT2D eigenvalue weighted by atomic mass is 10.1. The quantitative estimate of drug-likeness (QED) is 0.692. The van der Waals surface area contributed by atoms with Crippen LogP contribution in [0.2, 0.25) is 0 Å². The summed E-state index contributed by atoms with van der Waals surface area (Å²) >= 11 is 3.25. The van der Waals surface area contributed by atoms with E-state index in [9.17, 15) is 21.6 Å². The number of nitrogens with one attached hydrogen (secondary N) is 2. The van der Waals surface area contributed by atoms with Crippen LogP contribution in [-0.4, -0.2) is 40.3 Å². The van der Waals surface area contributed by atoms with Crippen molar-refractivity contribution in [2.45, 2.75) is 17.4 Å². The molecule has 1 atom stereocenters. The van der Waals surface area contributed by atoms with E-state index in [-0.39, 0.29) is 22.3 Å². The Morgan fingerprint density at radius 1 is 1.04 bits per heavy atom. The first-order valence-electron chi connectivity index (χ1n) is 8.04. The van der Waals surface area contributed by atoms with Crippen molar-refractivity contribution in [3.05, 3.63) is 58.6 Å². The third kappa shape index (κ3) is 5.08. The maximum atomic E-state index is 12.4. The predicted molar refractivity (Wildman–Crippen MR) is 106 cm³/mol. The summed E-state index contributed by atoms with van der Waals surface area (Å²) in [6.45, 7) is 0. The number of carbonyl (C=O) groups is 1. The van der Waals surface area contributed by atoms with Crippen LogP contribution in [-0.2, 0) is 19.9 Å². The number of hydrogen-bond donors (Lipinski definition) is 2. The van der Waals surface area contributed by atoms with E-state index in [1.54, 1.807) is 12.1 Å². The second-order valence-corrected chi connectivity index (χ2v) is 11.0. The van der Waals surface area contributed by atoms with Gasteiger partial charge in [-0.05, 0) is 55.0 Å². The van der Waals surface area contributed by atoms with Gasteiger partial charge in [-0.2, -0.15) is 0 Å². The Morgan fingerprint density at radius 3 is 2.22 bits per heavy atom. The van der Waals surface area contributed by atoms with E-state index in [2.05, 4.69) is 26.0 Å². The number of hydrogen-bond acceptors (Lipinski definition) is 5. The fourth-order valence-corrected chi connectivity index (χ4v) is 5.69. The van der Waals surface area contributed by atoms with E-state index in [0.717, 1.165) is 4.47 Å². The summed E-state index contributed by atoms with van der Waals surface area (Å²) in [5.41, 5.74) is 0.642. The number of anilines is 1. The molecule has 3 rings (SSSR count). The van der Waals surface area contributed by atoms with Crippen LogP contribution >= 0.6 is 15.9 Å². The minimum atomic E-state index is -3.73. The van der Waals surface area contributed by atoms with Crippen molar-refractivity contribution in [3.8, 4) is 0 Å². The average molecular weight is 473 g/mol. The summed E-state index contributed by atoms with van der Waals surface area (Å²) in [5, 5.41) is 2.69. The Kier molecular flexibility index (Phi) is 5.59. The van der Waals surface area contributed by atoms with Gasteiger partial charge in [0.2, 0.25) is 0 Å². The molecule has 1 fully saturated rings. The number of sulfone groups is 1. The van der Waals surface area contributed by atoms with E-state index in [1.165, 1.54) is 36.4 Å². The summed E-state index contributed by atoms with van der Waals surface area (Å²) in [7, 11) is -6.81. The average Bonchev–Trinajstić information content (AvgIpc) is 2.94. The molecule has 10 heteroatoms. The molecule has 1 aliphatic heterocycles. The Balaban J connectivity index is 1.66. The monoisotopic (exact) mass is 472 g/mol. The second kappa shape index (κ2) is 7.61. The number of carbonyl (C=O) groups excluding carboxylic acids is 1. The lowest BCUT2D eigenvalue weighted by Crippen LogP contribution is -2.35. The molecule has 2 aromatic rings. The maximum Gasteiger partial charge on any atom is 0.261 e. The summed E-state index contributed by atoms with van der Waals surface area (Å²) in [6, 6.07) is 11.8. The van der Waals surface area contributed by atoms with E-state index in [4.69, 9.17) is 0 Å². The molecule has 144 valence electrons. The highest BCUT2D eigenvalue weighted by Gasteiger charge is 2.29. The van der Waals surface area contributed by atoms with E-state index in [0.29, 0.717) is 17.7 Å². The molecule has 7 nitrogen and oxygen atoms in total. The van der Waals surface area contributed by atoms with Crippen LogP contribution in [0.4, 0.5) is 5.69 Å². The Hall–Kier alpha value is -1.91. The highest BCUT2D eigenvalue weighted by atomic mass is 79.9. The molecular weight excluding hydrogens is 456 g/mol. The largest absolute Gasteiger partial charge is 0.348 e. The Bertz CT molecular complexity index is 1050. The van der Waals surface area contributed by atoms with Gasteiger partial charge >= 0.3 is 0 Å². The zero-order valence-corrected chi connectivity index (χ0v) is 17.3. The number of rotatable bonds is 5. The molecular formula is C17H17BrN2O5S2. The van der Waals surface area contributed by atoms with Crippen LogP contribution in [0, 0.1) is 0 Å². The molecule has 1 amide bonds. The van der Waals surface area contributed by atoms with Gasteiger partial charge in [0.15, 0.2) is 9.84 Å². The summed E-state index contributed by atoms with van der Waals surface area (Å²) in [6.07, 6.45) is 0.402. The van der Waals surface area contributed by atoms with Crippen LogP contribution in [0.1, 0.15) is 16.8 Å². The molecule has 1 aliphatic rings. The highest BCUT2D eigenvalue weighted by Crippen LogP contribution is 2.19. The number of halogens is 1. The fraction of sp³-hybridized carbons (Fsp3) is 0.235. The maximum absolute atomic E-state index is 12.4. The third-order valence-corrected chi connectivity index (χ3v) is 7.78. The molecule has 0 aliphatic carbocycles. The SMILES string of the molecule is O=C(N[C@H]1CCS(=O)(=O)C1)c1ccc(NS(=O)(=O)c2ccc(Br)cc2)cc1. The van der Waals surface area contributed by atoms with Gasteiger partial charge in [-0.1, -0.05) is 15.9 Å². The number of sulfonamides is 1. The molecule has 2 N–H and O–H groups in total. The molecule has 27 heavy (non-hydrogen) atoms. The third-order valence-electron chi connectivity index (χ3n) is 4.09. The van der Waals surface area contributed by atoms with Crippen molar-refractivity contribution in [2.75, 3.05) is 16.2 Å². The van der Waals surface area contributed by atoms with Gasteiger partial charge < -0.3 is 5.32 Å². The normalized spacial score (nSPS) is 18.8. The van der Waals surface area contributed by atoms with Crippen LogP contribution < -0.4 is 10.0 Å². The second-order valence-electron chi connectivity index (χ2n) is 6.21. The van der Waals surface area contributed by atoms with Crippen LogP contribution in [0.25, 0.3) is 0 Å². The van der Waals surface area contributed by atoms with Gasteiger partial charge in [0.05, 0.1) is 16.4 Å². The molecule has 0 saturated carbocycles. The smallest absolute Gasteiger partial charge is 0.261 e. The molecule has 0 spiro atoms. The van der Waals surface area contributed by atoms with Crippen molar-refractivity contribution < 1.29 is 21.6 Å². The van der Waals surface area contributed by atoms with Gasteiger partial charge in [-0.3, -0.25) is 9.52 Å². The lowest BCUT2D eigenvalue weighted by molar-refractivity contribution is 0.0941. The molecule has 0 unspecified atom stereocenters. The summed E-state index contributed by atoms with van der Waals surface area (Å²) < 4.78 is 50.8. The molecule has 0 radical (unpaired) electrons. The Labute approximate surface area is 166 Å². The van der Waals surface area contributed by atoms with Crippen molar-refractivity contribution >= 4 is 47.4 Å². The zero-order valence-electron chi connectivity index (χ0n) is 14.1. The van der Waals surface area contributed by atoms with Gasteiger partial charge in [0, 0.05) is 21.8 Å². The zero-order chi connectivity index (χ0) is 19.7. The van der Waals surface area contributed by atoms with Gasteiger partial charge in [0.25, 0.3) is 15.9 Å². The van der Waals surface area contributed by atoms with Crippen LogP contribution in [0.15, 0.2) is 57.9 Å². The number of benzene rings is 2. The predicted octanol–water partition coefficient (Wildman–Crippen LogP) is 2.17.